The van der Waals surface area contributed by atoms with E-state index in [1.165, 1.54) is 11.1 Å². The Morgan fingerprint density at radius 2 is 1.24 bits per heavy atom. The first kappa shape index (κ1) is 20.9. The van der Waals surface area contributed by atoms with Gasteiger partial charge in [0.05, 0.1) is 23.0 Å². The van der Waals surface area contributed by atoms with E-state index in [1.807, 2.05) is 83.1 Å². The van der Waals surface area contributed by atoms with E-state index in [-0.39, 0.29) is 5.41 Å². The lowest BCUT2D eigenvalue weighted by atomic mass is 9.84. The smallest absolute Gasteiger partial charge is 0.0769 e. The van der Waals surface area contributed by atoms with Gasteiger partial charge in [-0.1, -0.05) is 64.5 Å². The Morgan fingerprint density at radius 1 is 0.800 bits per heavy atom. The molecule has 2 aromatic carbocycles. The van der Waals surface area contributed by atoms with Crippen molar-refractivity contribution in [2.75, 3.05) is 0 Å². The zero-order valence-corrected chi connectivity index (χ0v) is 17.2. The number of nitrogens with zero attached hydrogens (tertiary/aromatic N) is 2. The lowest BCUT2D eigenvalue weighted by molar-refractivity contribution is 0.681. The number of hydrogen-bond donors (Lipinski definition) is 0. The fourth-order valence-corrected chi connectivity index (χ4v) is 3.13. The first-order valence-electron chi connectivity index (χ1n) is 8.22. The Bertz CT molecular complexity index is 792. The van der Waals surface area contributed by atoms with Crippen LogP contribution >= 0.6 is 15.9 Å². The second kappa shape index (κ2) is 8.84. The molecule has 0 amide bonds. The lowest BCUT2D eigenvalue weighted by Gasteiger charge is -2.18. The van der Waals surface area contributed by atoms with Gasteiger partial charge >= 0.3 is 0 Å². The zero-order chi connectivity index (χ0) is 19.1. The van der Waals surface area contributed by atoms with Crippen LogP contribution in [0, 0.1) is 29.6 Å². The summed E-state index contributed by atoms with van der Waals surface area (Å²) in [7, 11) is 0. The van der Waals surface area contributed by atoms with Gasteiger partial charge in [-0.05, 0) is 56.9 Å². The first-order chi connectivity index (χ1) is 11.7. The summed E-state index contributed by atoms with van der Waals surface area (Å²) in [5.41, 5.74) is 3.83. The molecule has 0 saturated heterocycles. The average Bonchev–Trinajstić information content (AvgIpc) is 2.62. The number of alkyl halides is 1. The molecule has 0 fully saturated rings. The Kier molecular flexibility index (Phi) is 7.40. The highest BCUT2D eigenvalue weighted by molar-refractivity contribution is 9.08. The minimum absolute atomic E-state index is 0.370. The van der Waals surface area contributed by atoms with Gasteiger partial charge in [0.1, 0.15) is 0 Å². The molecule has 0 unspecified atom stereocenters. The van der Waals surface area contributed by atoms with Gasteiger partial charge in [-0.15, -0.1) is 0 Å². The second-order valence-electron chi connectivity index (χ2n) is 7.08. The van der Waals surface area contributed by atoms with Crippen LogP contribution in [0.5, 0.6) is 0 Å². The summed E-state index contributed by atoms with van der Waals surface area (Å²) in [4.78, 5) is 0. The van der Waals surface area contributed by atoms with Crippen molar-refractivity contribution in [3.8, 4) is 12.1 Å². The van der Waals surface area contributed by atoms with E-state index in [4.69, 9.17) is 10.5 Å². The van der Waals surface area contributed by atoms with Gasteiger partial charge in [0, 0.05) is 5.33 Å². The molecule has 0 heterocycles. The van der Waals surface area contributed by atoms with Gasteiger partial charge in [0.15, 0.2) is 0 Å². The summed E-state index contributed by atoms with van der Waals surface area (Å²) in [6.07, 6.45) is 0. The minimum Gasteiger partial charge on any atom is -0.197 e. The van der Waals surface area contributed by atoms with Crippen molar-refractivity contribution in [1.29, 1.82) is 10.5 Å². The van der Waals surface area contributed by atoms with E-state index in [0.29, 0.717) is 0 Å². The number of nitriles is 2. The lowest BCUT2D eigenvalue weighted by Crippen LogP contribution is -2.15. The Labute approximate surface area is 160 Å². The van der Waals surface area contributed by atoms with Crippen LogP contribution in [0.15, 0.2) is 48.5 Å². The number of aryl methyl sites for hydroxylation is 1. The number of hydrogen-bond acceptors (Lipinski definition) is 2. The summed E-state index contributed by atoms with van der Waals surface area (Å²) in [6.45, 7) is 9.79. The fourth-order valence-electron chi connectivity index (χ4n) is 2.64. The van der Waals surface area contributed by atoms with Crippen molar-refractivity contribution in [3.63, 3.8) is 0 Å². The van der Waals surface area contributed by atoms with E-state index < -0.39 is 5.41 Å². The molecule has 0 aliphatic heterocycles. The number of halogens is 1. The highest BCUT2D eigenvalue weighted by atomic mass is 79.9. The third-order valence-corrected chi connectivity index (χ3v) is 4.82. The van der Waals surface area contributed by atoms with Crippen LogP contribution in [0.2, 0.25) is 0 Å². The standard InChI is InChI=1S/C11H12BrN.C11H13N/c1-11(2,8-13)10-6-4-3-5-9(10)7-12;1-9-6-4-5-7-10(9)11(2,3)8-12/h3-6H,7H2,1-2H3;4-7H,1-3H3. The molecule has 0 bridgehead atoms. The topological polar surface area (TPSA) is 47.6 Å². The van der Waals surface area contributed by atoms with E-state index in [0.717, 1.165) is 16.5 Å². The summed E-state index contributed by atoms with van der Waals surface area (Å²) in [5, 5.41) is 18.7. The van der Waals surface area contributed by atoms with Crippen molar-refractivity contribution >= 4 is 15.9 Å². The van der Waals surface area contributed by atoms with E-state index in [1.54, 1.807) is 0 Å². The highest BCUT2D eigenvalue weighted by Crippen LogP contribution is 2.27. The maximum absolute atomic E-state index is 9.00. The van der Waals surface area contributed by atoms with Crippen molar-refractivity contribution in [1.82, 2.24) is 0 Å². The predicted octanol–water partition coefficient (Wildman–Crippen LogP) is 6.18. The van der Waals surface area contributed by atoms with Crippen LogP contribution in [0.25, 0.3) is 0 Å². The molecule has 3 heteroatoms. The fraction of sp³-hybridized carbons (Fsp3) is 0.364. The quantitative estimate of drug-likeness (QED) is 0.581. The van der Waals surface area contributed by atoms with Crippen LogP contribution < -0.4 is 0 Å². The monoisotopic (exact) mass is 396 g/mol. The Hall–Kier alpha value is -2.10. The summed E-state index contributed by atoms with van der Waals surface area (Å²) in [6, 6.07) is 20.6. The first-order valence-corrected chi connectivity index (χ1v) is 9.34. The largest absolute Gasteiger partial charge is 0.197 e. The Balaban J connectivity index is 0.000000251. The van der Waals surface area contributed by atoms with Crippen LogP contribution in [0.1, 0.15) is 49.9 Å². The van der Waals surface area contributed by atoms with Crippen LogP contribution in [-0.2, 0) is 16.2 Å². The molecule has 0 aromatic heterocycles. The maximum atomic E-state index is 9.00. The van der Waals surface area contributed by atoms with E-state index in [2.05, 4.69) is 28.1 Å². The molecular formula is C22H25BrN2. The molecule has 0 radical (unpaired) electrons. The van der Waals surface area contributed by atoms with Crippen molar-refractivity contribution in [2.45, 2.75) is 50.8 Å². The molecule has 2 nitrogen and oxygen atoms in total. The predicted molar refractivity (Wildman–Crippen MR) is 108 cm³/mol. The molecule has 0 aliphatic rings. The molecule has 25 heavy (non-hydrogen) atoms. The Morgan fingerprint density at radius 3 is 1.72 bits per heavy atom. The van der Waals surface area contributed by atoms with Gasteiger partial charge < -0.3 is 0 Å². The summed E-state index contributed by atoms with van der Waals surface area (Å²) in [5.74, 6) is 0. The van der Waals surface area contributed by atoms with E-state index in [9.17, 15) is 0 Å². The molecule has 2 rings (SSSR count). The molecule has 2 aromatic rings. The molecule has 0 spiro atoms. The zero-order valence-electron chi connectivity index (χ0n) is 15.6. The molecule has 0 saturated carbocycles. The highest BCUT2D eigenvalue weighted by Gasteiger charge is 2.22. The SMILES string of the molecule is CC(C)(C#N)c1ccccc1CBr.Cc1ccccc1C(C)(C)C#N. The van der Waals surface area contributed by atoms with Gasteiger partial charge in [-0.3, -0.25) is 0 Å². The minimum atomic E-state index is -0.398. The summed E-state index contributed by atoms with van der Waals surface area (Å²) < 4.78 is 0. The number of rotatable bonds is 3. The van der Waals surface area contributed by atoms with Crippen molar-refractivity contribution in [2.24, 2.45) is 0 Å². The normalized spacial score (nSPS) is 10.9. The third kappa shape index (κ3) is 5.45. The number of benzene rings is 2. The van der Waals surface area contributed by atoms with Gasteiger partial charge in [-0.2, -0.15) is 10.5 Å². The van der Waals surface area contributed by atoms with Gasteiger partial charge in [0.2, 0.25) is 0 Å². The van der Waals surface area contributed by atoms with Crippen molar-refractivity contribution < 1.29 is 0 Å². The van der Waals surface area contributed by atoms with Crippen molar-refractivity contribution in [3.05, 3.63) is 70.8 Å². The van der Waals surface area contributed by atoms with Gasteiger partial charge in [-0.25, -0.2) is 0 Å². The molecular weight excluding hydrogens is 372 g/mol. The average molecular weight is 397 g/mol. The molecule has 130 valence electrons. The van der Waals surface area contributed by atoms with Crippen LogP contribution in [0.3, 0.4) is 0 Å². The summed E-state index contributed by atoms with van der Waals surface area (Å²) >= 11 is 3.42. The molecule has 0 aliphatic carbocycles. The molecule has 0 N–H and O–H groups in total. The van der Waals surface area contributed by atoms with Gasteiger partial charge in [0.25, 0.3) is 0 Å². The molecule has 0 atom stereocenters. The van der Waals surface area contributed by atoms with Crippen LogP contribution in [-0.4, -0.2) is 0 Å². The van der Waals surface area contributed by atoms with Crippen LogP contribution in [0.4, 0.5) is 0 Å². The van der Waals surface area contributed by atoms with E-state index >= 15 is 0 Å². The maximum Gasteiger partial charge on any atom is 0.0769 e. The second-order valence-corrected chi connectivity index (χ2v) is 7.64. The third-order valence-electron chi connectivity index (χ3n) is 4.21.